The lowest BCUT2D eigenvalue weighted by molar-refractivity contribution is -0.137. The lowest BCUT2D eigenvalue weighted by atomic mass is 9.59. The van der Waals surface area contributed by atoms with Gasteiger partial charge in [0.05, 0.1) is 19.3 Å². The van der Waals surface area contributed by atoms with E-state index in [1.807, 2.05) is 19.1 Å². The van der Waals surface area contributed by atoms with Gasteiger partial charge in [0.1, 0.15) is 5.75 Å². The Labute approximate surface area is 174 Å². The molecule has 3 aliphatic rings. The van der Waals surface area contributed by atoms with Crippen LogP contribution in [0.5, 0.6) is 5.75 Å². The van der Waals surface area contributed by atoms with E-state index < -0.39 is 0 Å². The first kappa shape index (κ1) is 20.7. The van der Waals surface area contributed by atoms with Crippen molar-refractivity contribution >= 4 is 5.91 Å². The van der Waals surface area contributed by atoms with Gasteiger partial charge in [0, 0.05) is 26.2 Å². The number of hydrogen-bond acceptors (Lipinski definition) is 4. The Hall–Kier alpha value is -1.59. The highest BCUT2D eigenvalue weighted by Crippen LogP contribution is 2.70. The average Bonchev–Trinajstić information content (AvgIpc) is 3.20. The predicted molar refractivity (Wildman–Crippen MR) is 112 cm³/mol. The van der Waals surface area contributed by atoms with E-state index in [-0.39, 0.29) is 28.9 Å². The average molecular weight is 402 g/mol. The summed E-state index contributed by atoms with van der Waals surface area (Å²) < 4.78 is 17.0. The summed E-state index contributed by atoms with van der Waals surface area (Å²) in [7, 11) is 1.64. The molecule has 0 aromatic heterocycles. The molecule has 5 nitrogen and oxygen atoms in total. The highest BCUT2D eigenvalue weighted by Gasteiger charge is 2.68. The Balaban J connectivity index is 1.58. The van der Waals surface area contributed by atoms with E-state index in [1.54, 1.807) is 7.11 Å². The number of carbonyl (C=O) groups excluding carboxylic acids is 1. The smallest absolute Gasteiger partial charge is 0.222 e. The minimum Gasteiger partial charge on any atom is -0.494 e. The first-order valence-corrected chi connectivity index (χ1v) is 11.0. The highest BCUT2D eigenvalue weighted by atomic mass is 16.5. The summed E-state index contributed by atoms with van der Waals surface area (Å²) in [6.45, 7) is 8.57. The normalized spacial score (nSPS) is 34.6. The van der Waals surface area contributed by atoms with E-state index in [0.29, 0.717) is 31.5 Å². The summed E-state index contributed by atoms with van der Waals surface area (Å²) in [6, 6.07) is 8.59. The lowest BCUT2D eigenvalue weighted by Gasteiger charge is -2.53. The molecular weight excluding hydrogens is 366 g/mol. The van der Waals surface area contributed by atoms with Crippen LogP contribution in [0.1, 0.15) is 58.1 Å². The molecule has 1 amide bonds. The van der Waals surface area contributed by atoms with Gasteiger partial charge in [0.15, 0.2) is 0 Å². The molecule has 3 fully saturated rings. The van der Waals surface area contributed by atoms with E-state index >= 15 is 0 Å². The summed E-state index contributed by atoms with van der Waals surface area (Å²) in [5, 5.41) is 3.43. The molecule has 1 aliphatic heterocycles. The number of methoxy groups -OCH3 is 1. The van der Waals surface area contributed by atoms with Crippen LogP contribution in [0.4, 0.5) is 0 Å². The van der Waals surface area contributed by atoms with Crippen LogP contribution in [-0.4, -0.2) is 38.9 Å². The molecule has 1 N–H and O–H groups in total. The first-order valence-electron chi connectivity index (χ1n) is 11.0. The molecular formula is C24H35NO4. The minimum atomic E-state index is 0.0962. The largest absolute Gasteiger partial charge is 0.494 e. The van der Waals surface area contributed by atoms with Crippen molar-refractivity contribution in [2.45, 2.75) is 58.6 Å². The Morgan fingerprint density at radius 1 is 1.28 bits per heavy atom. The number of rotatable bonds is 7. The Morgan fingerprint density at radius 2 is 2.03 bits per heavy atom. The van der Waals surface area contributed by atoms with Gasteiger partial charge in [-0.1, -0.05) is 26.0 Å². The van der Waals surface area contributed by atoms with Crippen molar-refractivity contribution in [2.75, 3.05) is 26.9 Å². The fourth-order valence-electron chi connectivity index (χ4n) is 6.47. The van der Waals surface area contributed by atoms with Gasteiger partial charge in [0.2, 0.25) is 5.91 Å². The topological polar surface area (TPSA) is 56.8 Å². The number of hydrogen-bond donors (Lipinski definition) is 1. The molecule has 5 heteroatoms. The van der Waals surface area contributed by atoms with Crippen LogP contribution < -0.4 is 10.1 Å². The number of amides is 1. The molecule has 0 unspecified atom stereocenters. The third-order valence-corrected chi connectivity index (χ3v) is 7.86. The molecule has 1 aromatic carbocycles. The molecule has 29 heavy (non-hydrogen) atoms. The van der Waals surface area contributed by atoms with Crippen LogP contribution in [0.2, 0.25) is 0 Å². The Morgan fingerprint density at radius 3 is 2.72 bits per heavy atom. The van der Waals surface area contributed by atoms with E-state index in [9.17, 15) is 4.79 Å². The van der Waals surface area contributed by atoms with Gasteiger partial charge in [-0.2, -0.15) is 0 Å². The summed E-state index contributed by atoms with van der Waals surface area (Å²) in [5.41, 5.74) is 1.46. The molecule has 2 bridgehead atoms. The maximum Gasteiger partial charge on any atom is 0.222 e. The number of ether oxygens (including phenoxy) is 3. The van der Waals surface area contributed by atoms with Crippen molar-refractivity contribution in [3.05, 3.63) is 29.8 Å². The molecule has 5 atom stereocenters. The van der Waals surface area contributed by atoms with Gasteiger partial charge in [0.25, 0.3) is 0 Å². The zero-order chi connectivity index (χ0) is 20.6. The number of nitrogens with one attached hydrogen (secondary N) is 1. The maximum atomic E-state index is 12.6. The molecule has 1 saturated heterocycles. The standard InChI is InChI=1S/C24H35NO4/c1-5-28-18-8-6-16(7-9-18)21-19-14-17-15-24(19,11-13-29-21)22(23(17,2)3)25-20(26)10-12-27-4/h6-9,17,19,21-22H,5,10-15H2,1-4H3,(H,25,26)/t17-,19-,21-,22-,24-/m1/s1. The molecule has 0 radical (unpaired) electrons. The molecule has 2 saturated carbocycles. The zero-order valence-corrected chi connectivity index (χ0v) is 18.2. The van der Waals surface area contributed by atoms with E-state index in [1.165, 1.54) is 18.4 Å². The SMILES string of the molecule is CCOc1ccc([C@H]2OCC[C@@]34C[C@@H](C[C@H]23)C(C)(C)[C@H]4NC(=O)CCOC)cc1. The summed E-state index contributed by atoms with van der Waals surface area (Å²) in [4.78, 5) is 12.6. The van der Waals surface area contributed by atoms with E-state index in [2.05, 4.69) is 31.3 Å². The van der Waals surface area contributed by atoms with Crippen molar-refractivity contribution in [3.63, 3.8) is 0 Å². The van der Waals surface area contributed by atoms with Gasteiger partial charge in [-0.3, -0.25) is 4.79 Å². The van der Waals surface area contributed by atoms with Crippen LogP contribution >= 0.6 is 0 Å². The third kappa shape index (κ3) is 3.46. The van der Waals surface area contributed by atoms with Crippen molar-refractivity contribution in [2.24, 2.45) is 22.7 Å². The summed E-state index contributed by atoms with van der Waals surface area (Å²) in [6.07, 6.45) is 3.92. The van der Waals surface area contributed by atoms with Gasteiger partial charge in [-0.25, -0.2) is 0 Å². The van der Waals surface area contributed by atoms with Crippen LogP contribution in [0, 0.1) is 22.7 Å². The zero-order valence-electron chi connectivity index (χ0n) is 18.2. The van der Waals surface area contributed by atoms with Crippen LogP contribution in [0.25, 0.3) is 0 Å². The van der Waals surface area contributed by atoms with Crippen molar-refractivity contribution in [3.8, 4) is 5.75 Å². The summed E-state index contributed by atoms with van der Waals surface area (Å²) >= 11 is 0. The van der Waals surface area contributed by atoms with Gasteiger partial charge in [-0.05, 0) is 66.5 Å². The second-order valence-electron chi connectivity index (χ2n) is 9.58. The predicted octanol–water partition coefficient (Wildman–Crippen LogP) is 4.12. The molecule has 4 rings (SSSR count). The van der Waals surface area contributed by atoms with Crippen LogP contribution in [0.15, 0.2) is 24.3 Å². The maximum absolute atomic E-state index is 12.6. The summed E-state index contributed by atoms with van der Waals surface area (Å²) in [5.74, 6) is 2.07. The third-order valence-electron chi connectivity index (χ3n) is 7.86. The van der Waals surface area contributed by atoms with Gasteiger partial charge in [-0.15, -0.1) is 0 Å². The molecule has 1 aromatic rings. The number of fused-ring (bicyclic) bond motifs is 1. The fourth-order valence-corrected chi connectivity index (χ4v) is 6.47. The van der Waals surface area contributed by atoms with Gasteiger partial charge >= 0.3 is 0 Å². The lowest BCUT2D eigenvalue weighted by Crippen LogP contribution is -2.59. The minimum absolute atomic E-state index is 0.0962. The number of carbonyl (C=O) groups is 1. The van der Waals surface area contributed by atoms with Crippen molar-refractivity contribution in [1.29, 1.82) is 0 Å². The molecule has 1 spiro atoms. The van der Waals surface area contributed by atoms with E-state index in [4.69, 9.17) is 14.2 Å². The van der Waals surface area contributed by atoms with Crippen LogP contribution in [0.3, 0.4) is 0 Å². The molecule has 2 aliphatic carbocycles. The van der Waals surface area contributed by atoms with Gasteiger partial charge < -0.3 is 19.5 Å². The fraction of sp³-hybridized carbons (Fsp3) is 0.708. The first-order chi connectivity index (χ1) is 13.9. The highest BCUT2D eigenvalue weighted by molar-refractivity contribution is 5.76. The van der Waals surface area contributed by atoms with Crippen molar-refractivity contribution in [1.82, 2.24) is 5.32 Å². The second kappa shape index (κ2) is 7.92. The molecule has 160 valence electrons. The monoisotopic (exact) mass is 401 g/mol. The number of benzene rings is 1. The van der Waals surface area contributed by atoms with Crippen LogP contribution in [-0.2, 0) is 14.3 Å². The molecule has 1 heterocycles. The second-order valence-corrected chi connectivity index (χ2v) is 9.58. The Bertz CT molecular complexity index is 731. The Kier molecular flexibility index (Phi) is 5.64. The quantitative estimate of drug-likeness (QED) is 0.747. The van der Waals surface area contributed by atoms with E-state index in [0.717, 1.165) is 18.8 Å². The van der Waals surface area contributed by atoms with Crippen molar-refractivity contribution < 1.29 is 19.0 Å².